The number of aromatic amines is 1. The fourth-order valence-corrected chi connectivity index (χ4v) is 3.43. The molecule has 1 N–H and O–H groups in total. The smallest absolute Gasteiger partial charge is 0.232 e. The summed E-state index contributed by atoms with van der Waals surface area (Å²) in [6, 6.07) is 8.26. The van der Waals surface area contributed by atoms with E-state index in [1.165, 1.54) is 5.56 Å². The summed E-state index contributed by atoms with van der Waals surface area (Å²) in [6.45, 7) is 3.57. The molecule has 1 aliphatic heterocycles. The number of amides is 1. The van der Waals surface area contributed by atoms with Crippen LogP contribution >= 0.6 is 11.8 Å². The maximum atomic E-state index is 12.4. The van der Waals surface area contributed by atoms with Gasteiger partial charge in [-0.25, -0.2) is 0 Å². The summed E-state index contributed by atoms with van der Waals surface area (Å²) >= 11 is 1.59. The number of piperidine rings is 1. The molecule has 0 bridgehead atoms. The van der Waals surface area contributed by atoms with Gasteiger partial charge in [0.05, 0.1) is 5.75 Å². The van der Waals surface area contributed by atoms with Gasteiger partial charge in [-0.1, -0.05) is 22.9 Å². The van der Waals surface area contributed by atoms with Gasteiger partial charge in [0.1, 0.15) is 0 Å². The van der Waals surface area contributed by atoms with Crippen LogP contribution in [0.4, 0.5) is 0 Å². The Morgan fingerprint density at radius 1 is 1.41 bits per heavy atom. The van der Waals surface area contributed by atoms with E-state index < -0.39 is 0 Å². The number of thioether (sulfide) groups is 1. The molecule has 2 heterocycles. The van der Waals surface area contributed by atoms with Crippen LogP contribution in [-0.4, -0.2) is 50.3 Å². The largest absolute Gasteiger partial charge is 0.341 e. The van der Waals surface area contributed by atoms with Crippen molar-refractivity contribution in [2.75, 3.05) is 18.8 Å². The van der Waals surface area contributed by atoms with Crippen LogP contribution in [-0.2, 0) is 4.79 Å². The van der Waals surface area contributed by atoms with E-state index in [0.29, 0.717) is 18.1 Å². The molecule has 1 saturated heterocycles. The lowest BCUT2D eigenvalue weighted by Gasteiger charge is -2.31. The molecule has 0 saturated carbocycles. The van der Waals surface area contributed by atoms with E-state index in [2.05, 4.69) is 51.8 Å². The second-order valence-electron chi connectivity index (χ2n) is 5.55. The van der Waals surface area contributed by atoms with Crippen molar-refractivity contribution >= 4 is 17.7 Å². The highest BCUT2D eigenvalue weighted by Gasteiger charge is 2.27. The van der Waals surface area contributed by atoms with Crippen LogP contribution in [0.25, 0.3) is 0 Å². The number of hydrogen-bond donors (Lipinski definition) is 1. The lowest BCUT2D eigenvalue weighted by atomic mass is 9.97. The minimum Gasteiger partial charge on any atom is -0.341 e. The number of carbonyl (C=O) groups is 1. The molecule has 3 rings (SSSR count). The Balaban J connectivity index is 1.54. The molecule has 22 heavy (non-hydrogen) atoms. The molecule has 2 aromatic rings. The Kier molecular flexibility index (Phi) is 4.72. The van der Waals surface area contributed by atoms with Gasteiger partial charge in [0.2, 0.25) is 5.91 Å². The maximum Gasteiger partial charge on any atom is 0.232 e. The monoisotopic (exact) mass is 317 g/mol. The summed E-state index contributed by atoms with van der Waals surface area (Å²) in [4.78, 5) is 15.4. The molecule has 1 atom stereocenters. The summed E-state index contributed by atoms with van der Waals surface area (Å²) < 4.78 is 0. The number of likely N-dealkylation sites (tertiary alicyclic amines) is 1. The zero-order valence-corrected chi connectivity index (χ0v) is 13.3. The first kappa shape index (κ1) is 15.0. The minimum atomic E-state index is 0.179. The van der Waals surface area contributed by atoms with Gasteiger partial charge in [0.15, 0.2) is 5.82 Å². The maximum absolute atomic E-state index is 12.4. The SMILES string of the molecule is Cc1ccc(SCC(=O)N2CCC[C@H](c3nn[nH]n3)C2)cc1. The number of hydrogen-bond acceptors (Lipinski definition) is 5. The molecule has 116 valence electrons. The number of aromatic nitrogens is 4. The predicted octanol–water partition coefficient (Wildman–Crippen LogP) is 2.01. The second-order valence-corrected chi connectivity index (χ2v) is 6.60. The number of tetrazole rings is 1. The molecule has 1 aromatic heterocycles. The molecule has 1 fully saturated rings. The van der Waals surface area contributed by atoms with E-state index in [9.17, 15) is 4.79 Å². The number of nitrogens with zero attached hydrogens (tertiary/aromatic N) is 4. The summed E-state index contributed by atoms with van der Waals surface area (Å²) in [5.41, 5.74) is 1.23. The van der Waals surface area contributed by atoms with E-state index in [0.717, 1.165) is 24.3 Å². The first-order valence-electron chi connectivity index (χ1n) is 7.43. The van der Waals surface area contributed by atoms with E-state index in [1.54, 1.807) is 11.8 Å². The van der Waals surface area contributed by atoms with Crippen LogP contribution in [0.15, 0.2) is 29.2 Å². The first-order chi connectivity index (χ1) is 10.7. The minimum absolute atomic E-state index is 0.179. The fraction of sp³-hybridized carbons (Fsp3) is 0.467. The van der Waals surface area contributed by atoms with E-state index >= 15 is 0 Å². The van der Waals surface area contributed by atoms with Crippen molar-refractivity contribution in [3.63, 3.8) is 0 Å². The van der Waals surface area contributed by atoms with Crippen molar-refractivity contribution in [3.8, 4) is 0 Å². The second kappa shape index (κ2) is 6.91. The van der Waals surface area contributed by atoms with Crippen LogP contribution < -0.4 is 0 Å². The third-order valence-electron chi connectivity index (χ3n) is 3.88. The quantitative estimate of drug-likeness (QED) is 0.873. The zero-order valence-electron chi connectivity index (χ0n) is 12.5. The summed E-state index contributed by atoms with van der Waals surface area (Å²) in [5.74, 6) is 1.56. The highest BCUT2D eigenvalue weighted by molar-refractivity contribution is 8.00. The molecular weight excluding hydrogens is 298 g/mol. The Morgan fingerprint density at radius 3 is 2.95 bits per heavy atom. The van der Waals surface area contributed by atoms with E-state index in [1.807, 2.05) is 4.90 Å². The van der Waals surface area contributed by atoms with Gasteiger partial charge in [0, 0.05) is 23.9 Å². The molecule has 1 aliphatic rings. The predicted molar refractivity (Wildman–Crippen MR) is 84.6 cm³/mol. The van der Waals surface area contributed by atoms with Crippen molar-refractivity contribution in [3.05, 3.63) is 35.7 Å². The van der Waals surface area contributed by atoms with Gasteiger partial charge in [0.25, 0.3) is 0 Å². The molecule has 1 aromatic carbocycles. The molecule has 0 unspecified atom stereocenters. The third-order valence-corrected chi connectivity index (χ3v) is 4.88. The third kappa shape index (κ3) is 3.65. The van der Waals surface area contributed by atoms with E-state index in [-0.39, 0.29) is 11.8 Å². The Hall–Kier alpha value is -1.89. The van der Waals surface area contributed by atoms with Crippen molar-refractivity contribution in [1.29, 1.82) is 0 Å². The van der Waals surface area contributed by atoms with Crippen molar-refractivity contribution < 1.29 is 4.79 Å². The van der Waals surface area contributed by atoms with Gasteiger partial charge in [-0.2, -0.15) is 5.21 Å². The lowest BCUT2D eigenvalue weighted by molar-refractivity contribution is -0.129. The summed E-state index contributed by atoms with van der Waals surface area (Å²) in [7, 11) is 0. The number of benzene rings is 1. The molecule has 0 spiro atoms. The van der Waals surface area contributed by atoms with Crippen molar-refractivity contribution in [1.82, 2.24) is 25.5 Å². The van der Waals surface area contributed by atoms with Crippen LogP contribution in [0.2, 0.25) is 0 Å². The van der Waals surface area contributed by atoms with Gasteiger partial charge < -0.3 is 4.90 Å². The van der Waals surface area contributed by atoms with Crippen LogP contribution in [0, 0.1) is 6.92 Å². The summed E-state index contributed by atoms with van der Waals surface area (Å²) in [6.07, 6.45) is 1.99. The summed E-state index contributed by atoms with van der Waals surface area (Å²) in [5, 5.41) is 14.2. The number of H-pyrrole nitrogens is 1. The fourth-order valence-electron chi connectivity index (χ4n) is 2.63. The van der Waals surface area contributed by atoms with Crippen molar-refractivity contribution in [2.45, 2.75) is 30.6 Å². The highest BCUT2D eigenvalue weighted by Crippen LogP contribution is 2.25. The number of nitrogens with one attached hydrogen (secondary N) is 1. The number of carbonyl (C=O) groups excluding carboxylic acids is 1. The number of aryl methyl sites for hydroxylation is 1. The number of rotatable bonds is 4. The standard InChI is InChI=1S/C15H19N5OS/c1-11-4-6-13(7-5-11)22-10-14(21)20-8-2-3-12(9-20)15-16-18-19-17-15/h4-7,12H,2-3,8-10H2,1H3,(H,16,17,18,19)/t12-/m0/s1. The van der Waals surface area contributed by atoms with Crippen molar-refractivity contribution in [2.24, 2.45) is 0 Å². The topological polar surface area (TPSA) is 74.8 Å². The molecule has 7 heteroatoms. The van der Waals surface area contributed by atoms with E-state index in [4.69, 9.17) is 0 Å². The van der Waals surface area contributed by atoms with Crippen LogP contribution in [0.3, 0.4) is 0 Å². The molecule has 0 aliphatic carbocycles. The van der Waals surface area contributed by atoms with Crippen LogP contribution in [0.5, 0.6) is 0 Å². The Bertz CT molecular complexity index is 613. The molecular formula is C15H19N5OS. The van der Waals surface area contributed by atoms with Crippen LogP contribution in [0.1, 0.15) is 30.1 Å². The lowest BCUT2D eigenvalue weighted by Crippen LogP contribution is -2.40. The molecule has 6 nitrogen and oxygen atoms in total. The zero-order chi connectivity index (χ0) is 15.4. The van der Waals surface area contributed by atoms with Gasteiger partial charge in [-0.15, -0.1) is 22.0 Å². The first-order valence-corrected chi connectivity index (χ1v) is 8.41. The molecule has 0 radical (unpaired) electrons. The Morgan fingerprint density at radius 2 is 2.23 bits per heavy atom. The normalized spacial score (nSPS) is 18.4. The highest BCUT2D eigenvalue weighted by atomic mass is 32.2. The van der Waals surface area contributed by atoms with Gasteiger partial charge in [-0.3, -0.25) is 4.79 Å². The Labute approximate surface area is 133 Å². The molecule has 1 amide bonds. The van der Waals surface area contributed by atoms with Gasteiger partial charge >= 0.3 is 0 Å². The van der Waals surface area contributed by atoms with Gasteiger partial charge in [-0.05, 0) is 31.9 Å². The average Bonchev–Trinajstić information content (AvgIpc) is 3.09. The average molecular weight is 317 g/mol.